The number of nitrogens with one attached hydrogen (secondary N) is 2. The van der Waals surface area contributed by atoms with Gasteiger partial charge in [-0.3, -0.25) is 9.59 Å². The molecule has 0 aliphatic carbocycles. The lowest BCUT2D eigenvalue weighted by Gasteiger charge is -2.08. The van der Waals surface area contributed by atoms with Gasteiger partial charge >= 0.3 is 0 Å². The van der Waals surface area contributed by atoms with Gasteiger partial charge in [0.2, 0.25) is 0 Å². The standard InChI is InChI=1S/C17H18N2O2/c1-3-18-16(20)13-8-10-14(11-9-13)19-17(21)15-7-5-4-6-12(15)2/h4-11H,3H2,1-2H3,(H,18,20)(H,19,21). The van der Waals surface area contributed by atoms with E-state index in [0.29, 0.717) is 23.4 Å². The minimum atomic E-state index is -0.154. The first-order valence-corrected chi connectivity index (χ1v) is 6.87. The minimum Gasteiger partial charge on any atom is -0.352 e. The first kappa shape index (κ1) is 14.8. The summed E-state index contributed by atoms with van der Waals surface area (Å²) < 4.78 is 0. The Balaban J connectivity index is 2.09. The largest absolute Gasteiger partial charge is 0.352 e. The summed E-state index contributed by atoms with van der Waals surface area (Å²) in [6, 6.07) is 14.2. The molecule has 0 bridgehead atoms. The first-order chi connectivity index (χ1) is 10.1. The van der Waals surface area contributed by atoms with Crippen LogP contribution in [0.2, 0.25) is 0 Å². The molecular weight excluding hydrogens is 264 g/mol. The molecular formula is C17H18N2O2. The second-order valence-electron chi connectivity index (χ2n) is 4.71. The van der Waals surface area contributed by atoms with Gasteiger partial charge in [-0.1, -0.05) is 18.2 Å². The zero-order chi connectivity index (χ0) is 15.2. The molecule has 2 aromatic rings. The van der Waals surface area contributed by atoms with Crippen LogP contribution in [0.15, 0.2) is 48.5 Å². The maximum atomic E-state index is 12.2. The topological polar surface area (TPSA) is 58.2 Å². The zero-order valence-electron chi connectivity index (χ0n) is 12.1. The summed E-state index contributed by atoms with van der Waals surface area (Å²) in [7, 11) is 0. The van der Waals surface area contributed by atoms with Crippen LogP contribution in [-0.4, -0.2) is 18.4 Å². The molecule has 4 nitrogen and oxygen atoms in total. The van der Waals surface area contributed by atoms with Crippen LogP contribution in [-0.2, 0) is 0 Å². The number of hydrogen-bond acceptors (Lipinski definition) is 2. The van der Waals surface area contributed by atoms with Crippen LogP contribution < -0.4 is 10.6 Å². The molecule has 0 unspecified atom stereocenters. The average molecular weight is 282 g/mol. The summed E-state index contributed by atoms with van der Waals surface area (Å²) >= 11 is 0. The van der Waals surface area contributed by atoms with Crippen LogP contribution >= 0.6 is 0 Å². The van der Waals surface area contributed by atoms with Crippen LogP contribution in [0.5, 0.6) is 0 Å². The summed E-state index contributed by atoms with van der Waals surface area (Å²) in [5, 5.41) is 5.56. The Kier molecular flexibility index (Phi) is 4.72. The summed E-state index contributed by atoms with van der Waals surface area (Å²) in [6.07, 6.45) is 0. The third-order valence-corrected chi connectivity index (χ3v) is 3.13. The van der Waals surface area contributed by atoms with E-state index in [2.05, 4.69) is 10.6 Å². The molecule has 2 rings (SSSR count). The van der Waals surface area contributed by atoms with Gasteiger partial charge in [-0.15, -0.1) is 0 Å². The van der Waals surface area contributed by atoms with E-state index in [0.717, 1.165) is 5.56 Å². The number of amides is 2. The lowest BCUT2D eigenvalue weighted by atomic mass is 10.1. The van der Waals surface area contributed by atoms with Crippen LogP contribution in [0.4, 0.5) is 5.69 Å². The Labute approximate surface area is 124 Å². The number of carbonyl (C=O) groups excluding carboxylic acids is 2. The third-order valence-electron chi connectivity index (χ3n) is 3.13. The molecule has 0 saturated carbocycles. The molecule has 0 aliphatic rings. The fourth-order valence-electron chi connectivity index (χ4n) is 1.99. The van der Waals surface area contributed by atoms with E-state index < -0.39 is 0 Å². The van der Waals surface area contributed by atoms with Crippen molar-refractivity contribution in [3.8, 4) is 0 Å². The van der Waals surface area contributed by atoms with E-state index in [1.807, 2.05) is 32.0 Å². The van der Waals surface area contributed by atoms with Crippen molar-refractivity contribution in [2.75, 3.05) is 11.9 Å². The molecule has 108 valence electrons. The Morgan fingerprint density at radius 2 is 1.62 bits per heavy atom. The molecule has 0 aromatic heterocycles. The van der Waals surface area contributed by atoms with E-state index >= 15 is 0 Å². The van der Waals surface area contributed by atoms with Crippen molar-refractivity contribution in [3.63, 3.8) is 0 Å². The van der Waals surface area contributed by atoms with E-state index in [-0.39, 0.29) is 11.8 Å². The van der Waals surface area contributed by atoms with Crippen molar-refractivity contribution >= 4 is 17.5 Å². The van der Waals surface area contributed by atoms with E-state index in [1.54, 1.807) is 30.3 Å². The van der Waals surface area contributed by atoms with Crippen LogP contribution in [0.1, 0.15) is 33.2 Å². The van der Waals surface area contributed by atoms with E-state index in [1.165, 1.54) is 0 Å². The Morgan fingerprint density at radius 3 is 2.24 bits per heavy atom. The van der Waals surface area contributed by atoms with Crippen LogP contribution in [0, 0.1) is 6.92 Å². The van der Waals surface area contributed by atoms with Gasteiger partial charge in [-0.25, -0.2) is 0 Å². The SMILES string of the molecule is CCNC(=O)c1ccc(NC(=O)c2ccccc2C)cc1. The molecule has 0 atom stereocenters. The number of hydrogen-bond donors (Lipinski definition) is 2. The van der Waals surface area contributed by atoms with Gasteiger partial charge in [-0.05, 0) is 49.7 Å². The lowest BCUT2D eigenvalue weighted by Crippen LogP contribution is -2.22. The summed E-state index contributed by atoms with van der Waals surface area (Å²) in [4.78, 5) is 23.8. The van der Waals surface area contributed by atoms with Crippen molar-refractivity contribution in [3.05, 3.63) is 65.2 Å². The minimum absolute atomic E-state index is 0.116. The van der Waals surface area contributed by atoms with Crippen LogP contribution in [0.25, 0.3) is 0 Å². The molecule has 2 N–H and O–H groups in total. The highest BCUT2D eigenvalue weighted by Gasteiger charge is 2.09. The van der Waals surface area contributed by atoms with E-state index in [4.69, 9.17) is 0 Å². The molecule has 0 spiro atoms. The number of aryl methyl sites for hydroxylation is 1. The van der Waals surface area contributed by atoms with Gasteiger partial charge in [0.05, 0.1) is 0 Å². The molecule has 0 fully saturated rings. The smallest absolute Gasteiger partial charge is 0.255 e. The number of rotatable bonds is 4. The zero-order valence-corrected chi connectivity index (χ0v) is 12.1. The maximum absolute atomic E-state index is 12.2. The van der Waals surface area contributed by atoms with Gasteiger partial charge < -0.3 is 10.6 Å². The normalized spacial score (nSPS) is 10.0. The molecule has 2 aromatic carbocycles. The van der Waals surface area contributed by atoms with E-state index in [9.17, 15) is 9.59 Å². The summed E-state index contributed by atoms with van der Waals surface area (Å²) in [6.45, 7) is 4.35. The third kappa shape index (κ3) is 3.69. The van der Waals surface area contributed by atoms with Gasteiger partial charge in [0.15, 0.2) is 0 Å². The van der Waals surface area contributed by atoms with Crippen LogP contribution in [0.3, 0.4) is 0 Å². The quantitative estimate of drug-likeness (QED) is 0.905. The van der Waals surface area contributed by atoms with Gasteiger partial charge in [0.1, 0.15) is 0 Å². The highest BCUT2D eigenvalue weighted by atomic mass is 16.2. The summed E-state index contributed by atoms with van der Waals surface area (Å²) in [5.41, 5.74) is 2.81. The molecule has 0 aliphatic heterocycles. The van der Waals surface area contributed by atoms with Crippen molar-refractivity contribution in [1.29, 1.82) is 0 Å². The highest BCUT2D eigenvalue weighted by Crippen LogP contribution is 2.13. The van der Waals surface area contributed by atoms with Gasteiger partial charge in [0, 0.05) is 23.4 Å². The highest BCUT2D eigenvalue weighted by molar-refractivity contribution is 6.05. The second-order valence-corrected chi connectivity index (χ2v) is 4.71. The molecule has 0 radical (unpaired) electrons. The Bertz CT molecular complexity index is 648. The number of benzene rings is 2. The molecule has 21 heavy (non-hydrogen) atoms. The molecule has 2 amide bonds. The predicted octanol–water partition coefficient (Wildman–Crippen LogP) is 3.00. The molecule has 4 heteroatoms. The van der Waals surface area contributed by atoms with Crippen molar-refractivity contribution < 1.29 is 9.59 Å². The van der Waals surface area contributed by atoms with Crippen molar-refractivity contribution in [1.82, 2.24) is 5.32 Å². The monoisotopic (exact) mass is 282 g/mol. The Morgan fingerprint density at radius 1 is 0.952 bits per heavy atom. The van der Waals surface area contributed by atoms with Gasteiger partial charge in [-0.2, -0.15) is 0 Å². The lowest BCUT2D eigenvalue weighted by molar-refractivity contribution is 0.0955. The molecule has 0 saturated heterocycles. The van der Waals surface area contributed by atoms with Gasteiger partial charge in [0.25, 0.3) is 11.8 Å². The fraction of sp³-hybridized carbons (Fsp3) is 0.176. The van der Waals surface area contributed by atoms with Crippen molar-refractivity contribution in [2.45, 2.75) is 13.8 Å². The second kappa shape index (κ2) is 6.70. The average Bonchev–Trinajstić information content (AvgIpc) is 2.48. The van der Waals surface area contributed by atoms with Crippen molar-refractivity contribution in [2.24, 2.45) is 0 Å². The fourth-order valence-corrected chi connectivity index (χ4v) is 1.99. The Hall–Kier alpha value is -2.62. The number of anilines is 1. The number of carbonyl (C=O) groups is 2. The first-order valence-electron chi connectivity index (χ1n) is 6.87. The molecule has 0 heterocycles. The summed E-state index contributed by atoms with van der Waals surface area (Å²) in [5.74, 6) is -0.270. The maximum Gasteiger partial charge on any atom is 0.255 e. The predicted molar refractivity (Wildman–Crippen MR) is 83.6 cm³/mol.